The SMILES string of the molecule is C=CC(I)OCC1OC1CCCCC. The van der Waals surface area contributed by atoms with Crippen LogP contribution >= 0.6 is 22.6 Å². The van der Waals surface area contributed by atoms with Gasteiger partial charge in [-0.2, -0.15) is 0 Å². The van der Waals surface area contributed by atoms with Gasteiger partial charge in [0.1, 0.15) is 10.2 Å². The third kappa shape index (κ3) is 4.75. The van der Waals surface area contributed by atoms with E-state index in [0.717, 1.165) is 6.61 Å². The third-order valence-corrected chi connectivity index (χ3v) is 3.25. The molecule has 2 nitrogen and oxygen atoms in total. The molecule has 0 radical (unpaired) electrons. The minimum absolute atomic E-state index is 0.119. The van der Waals surface area contributed by atoms with E-state index in [1.165, 1.54) is 25.7 Å². The molecule has 0 aromatic rings. The molecule has 1 aliphatic heterocycles. The summed E-state index contributed by atoms with van der Waals surface area (Å²) in [7, 11) is 0. The maximum Gasteiger partial charge on any atom is 0.126 e. The Hall–Kier alpha value is 0.390. The normalized spacial score (nSPS) is 27.3. The largest absolute Gasteiger partial charge is 0.367 e. The van der Waals surface area contributed by atoms with Gasteiger partial charge < -0.3 is 9.47 Å². The Balaban J connectivity index is 1.94. The highest BCUT2D eigenvalue weighted by Gasteiger charge is 2.38. The van der Waals surface area contributed by atoms with Gasteiger partial charge in [0.15, 0.2) is 0 Å². The van der Waals surface area contributed by atoms with Crippen molar-refractivity contribution in [3.63, 3.8) is 0 Å². The van der Waals surface area contributed by atoms with Gasteiger partial charge in [0, 0.05) is 0 Å². The van der Waals surface area contributed by atoms with Gasteiger partial charge >= 0.3 is 0 Å². The van der Waals surface area contributed by atoms with Crippen LogP contribution < -0.4 is 0 Å². The summed E-state index contributed by atoms with van der Waals surface area (Å²) in [5, 5.41) is 0. The second kappa shape index (κ2) is 6.80. The second-order valence-electron chi connectivity index (χ2n) is 3.63. The molecule has 3 unspecified atom stereocenters. The molecule has 3 heteroatoms. The molecule has 14 heavy (non-hydrogen) atoms. The van der Waals surface area contributed by atoms with E-state index in [0.29, 0.717) is 12.2 Å². The lowest BCUT2D eigenvalue weighted by Gasteiger charge is -2.03. The average Bonchev–Trinajstić information content (AvgIpc) is 2.94. The van der Waals surface area contributed by atoms with Crippen LogP contribution in [0.15, 0.2) is 12.7 Å². The standard InChI is InChI=1S/C11H19IO2/c1-3-5-6-7-9-10(14-9)8-13-11(12)4-2/h4,9-11H,2-3,5-8H2,1H3. The van der Waals surface area contributed by atoms with Crippen molar-refractivity contribution in [2.45, 2.75) is 48.9 Å². The highest BCUT2D eigenvalue weighted by Crippen LogP contribution is 2.28. The highest BCUT2D eigenvalue weighted by molar-refractivity contribution is 14.1. The van der Waals surface area contributed by atoms with E-state index in [9.17, 15) is 0 Å². The summed E-state index contributed by atoms with van der Waals surface area (Å²) in [5.74, 6) is 0. The van der Waals surface area contributed by atoms with Gasteiger partial charge in [0.05, 0.1) is 12.7 Å². The van der Waals surface area contributed by atoms with Crippen molar-refractivity contribution in [1.29, 1.82) is 0 Å². The zero-order valence-electron chi connectivity index (χ0n) is 8.75. The zero-order valence-corrected chi connectivity index (χ0v) is 10.9. The summed E-state index contributed by atoms with van der Waals surface area (Å²) in [6, 6.07) is 0. The van der Waals surface area contributed by atoms with Crippen molar-refractivity contribution in [2.75, 3.05) is 6.61 Å². The molecule has 1 fully saturated rings. The van der Waals surface area contributed by atoms with Gasteiger partial charge in [-0.25, -0.2) is 0 Å². The second-order valence-corrected chi connectivity index (χ2v) is 4.86. The molecule has 0 N–H and O–H groups in total. The quantitative estimate of drug-likeness (QED) is 0.226. The summed E-state index contributed by atoms with van der Waals surface area (Å²) in [5.41, 5.74) is 0. The summed E-state index contributed by atoms with van der Waals surface area (Å²) < 4.78 is 11.1. The fraction of sp³-hybridized carbons (Fsp3) is 0.818. The van der Waals surface area contributed by atoms with Crippen LogP contribution in [0.5, 0.6) is 0 Å². The van der Waals surface area contributed by atoms with Crippen LogP contribution in [-0.4, -0.2) is 22.9 Å². The van der Waals surface area contributed by atoms with Crippen LogP contribution in [0.25, 0.3) is 0 Å². The van der Waals surface area contributed by atoms with Gasteiger partial charge in [0.2, 0.25) is 0 Å². The Labute approximate surface area is 100 Å². The molecule has 0 aliphatic carbocycles. The van der Waals surface area contributed by atoms with Gasteiger partial charge in [-0.05, 0) is 29.0 Å². The molecule has 0 saturated carbocycles. The van der Waals surface area contributed by atoms with Crippen molar-refractivity contribution in [1.82, 2.24) is 0 Å². The maximum atomic E-state index is 5.50. The number of hydrogen-bond donors (Lipinski definition) is 0. The molecule has 1 aliphatic rings. The molecule has 1 rings (SSSR count). The molecular weight excluding hydrogens is 291 g/mol. The number of ether oxygens (including phenoxy) is 2. The number of hydrogen-bond acceptors (Lipinski definition) is 2. The van der Waals surface area contributed by atoms with E-state index in [-0.39, 0.29) is 4.11 Å². The van der Waals surface area contributed by atoms with Crippen molar-refractivity contribution < 1.29 is 9.47 Å². The number of alkyl halides is 1. The molecule has 0 amide bonds. The first kappa shape index (κ1) is 12.5. The zero-order chi connectivity index (χ0) is 10.4. The Morgan fingerprint density at radius 1 is 1.50 bits per heavy atom. The van der Waals surface area contributed by atoms with Gasteiger partial charge in [0.25, 0.3) is 0 Å². The molecule has 1 saturated heterocycles. The fourth-order valence-corrected chi connectivity index (χ4v) is 1.64. The molecular formula is C11H19IO2. The summed E-state index contributed by atoms with van der Waals surface area (Å²) >= 11 is 2.21. The number of halogens is 1. The van der Waals surface area contributed by atoms with E-state index >= 15 is 0 Å². The number of rotatable bonds is 8. The first-order valence-electron chi connectivity index (χ1n) is 5.31. The van der Waals surface area contributed by atoms with Crippen LogP contribution in [0, 0.1) is 0 Å². The Bertz CT molecular complexity index is 173. The molecule has 0 spiro atoms. The third-order valence-electron chi connectivity index (χ3n) is 2.38. The molecule has 0 aromatic carbocycles. The van der Waals surface area contributed by atoms with Crippen molar-refractivity contribution >= 4 is 22.6 Å². The van der Waals surface area contributed by atoms with Gasteiger partial charge in [-0.3, -0.25) is 0 Å². The van der Waals surface area contributed by atoms with Crippen molar-refractivity contribution in [3.8, 4) is 0 Å². The van der Waals surface area contributed by atoms with Crippen LogP contribution in [0.1, 0.15) is 32.6 Å². The Morgan fingerprint density at radius 3 is 2.93 bits per heavy atom. The van der Waals surface area contributed by atoms with Gasteiger partial charge in [-0.15, -0.1) is 0 Å². The summed E-state index contributed by atoms with van der Waals surface area (Å²) in [6.07, 6.45) is 7.69. The predicted octanol–water partition coefficient (Wildman–Crippen LogP) is 3.30. The fourth-order valence-electron chi connectivity index (χ4n) is 1.43. The predicted molar refractivity (Wildman–Crippen MR) is 66.8 cm³/mol. The lowest BCUT2D eigenvalue weighted by molar-refractivity contribution is 0.130. The maximum absolute atomic E-state index is 5.50. The lowest BCUT2D eigenvalue weighted by atomic mass is 10.1. The van der Waals surface area contributed by atoms with E-state index < -0.39 is 0 Å². The molecule has 0 aromatic heterocycles. The molecule has 1 heterocycles. The summed E-state index contributed by atoms with van der Waals surface area (Å²) in [6.45, 7) is 6.61. The first-order chi connectivity index (χ1) is 6.77. The van der Waals surface area contributed by atoms with E-state index in [1.807, 2.05) is 0 Å². The molecule has 3 atom stereocenters. The Morgan fingerprint density at radius 2 is 2.29 bits per heavy atom. The van der Waals surface area contributed by atoms with Crippen LogP contribution in [-0.2, 0) is 9.47 Å². The molecule has 82 valence electrons. The van der Waals surface area contributed by atoms with E-state index in [2.05, 4.69) is 36.1 Å². The average molecular weight is 310 g/mol. The van der Waals surface area contributed by atoms with Crippen LogP contribution in [0.2, 0.25) is 0 Å². The monoisotopic (exact) mass is 310 g/mol. The lowest BCUT2D eigenvalue weighted by Crippen LogP contribution is -2.09. The number of unbranched alkanes of at least 4 members (excludes halogenated alkanes) is 2. The van der Waals surface area contributed by atoms with Crippen LogP contribution in [0.4, 0.5) is 0 Å². The number of epoxide rings is 1. The summed E-state index contributed by atoms with van der Waals surface area (Å²) in [4.78, 5) is 0. The smallest absolute Gasteiger partial charge is 0.126 e. The minimum Gasteiger partial charge on any atom is -0.367 e. The van der Waals surface area contributed by atoms with E-state index in [1.54, 1.807) is 6.08 Å². The highest BCUT2D eigenvalue weighted by atomic mass is 127. The topological polar surface area (TPSA) is 21.8 Å². The van der Waals surface area contributed by atoms with Gasteiger partial charge in [-0.1, -0.05) is 38.8 Å². The van der Waals surface area contributed by atoms with Crippen LogP contribution in [0.3, 0.4) is 0 Å². The Kier molecular flexibility index (Phi) is 6.05. The first-order valence-corrected chi connectivity index (χ1v) is 6.56. The van der Waals surface area contributed by atoms with Crippen molar-refractivity contribution in [3.05, 3.63) is 12.7 Å². The van der Waals surface area contributed by atoms with Crippen molar-refractivity contribution in [2.24, 2.45) is 0 Å². The minimum atomic E-state index is 0.119. The molecule has 0 bridgehead atoms. The van der Waals surface area contributed by atoms with E-state index in [4.69, 9.17) is 9.47 Å².